The molecule has 0 N–H and O–H groups in total. The van der Waals surface area contributed by atoms with Crippen molar-refractivity contribution in [1.29, 1.82) is 0 Å². The van der Waals surface area contributed by atoms with Crippen LogP contribution in [0, 0.1) is 0 Å². The van der Waals surface area contributed by atoms with E-state index >= 15 is 0 Å². The Balaban J connectivity index is 1.83. The van der Waals surface area contributed by atoms with Gasteiger partial charge in [0.25, 0.3) is 0 Å². The molecule has 0 unspecified atom stereocenters. The molecule has 3 rings (SSSR count). The number of morpholine rings is 1. The standard InChI is InChI=1S/C14H19NO/c1-2-6-12(7-3-1)14-13-8-4-5-9-15(13)10-11-16-14/h1-3,6-7,13-14H,4-5,8-11H2/t13-,14-/m0/s1. The normalized spacial score (nSPS) is 31.0. The van der Waals surface area contributed by atoms with Crippen molar-refractivity contribution >= 4 is 0 Å². The van der Waals surface area contributed by atoms with E-state index in [-0.39, 0.29) is 0 Å². The van der Waals surface area contributed by atoms with Crippen LogP contribution in [0.2, 0.25) is 0 Å². The lowest BCUT2D eigenvalue weighted by atomic mass is 9.92. The number of fused-ring (bicyclic) bond motifs is 1. The zero-order valence-corrected chi connectivity index (χ0v) is 9.64. The summed E-state index contributed by atoms with van der Waals surface area (Å²) in [6.07, 6.45) is 4.31. The molecular formula is C14H19NO. The molecule has 0 aliphatic carbocycles. The molecule has 2 saturated heterocycles. The average molecular weight is 217 g/mol. The van der Waals surface area contributed by atoms with Crippen LogP contribution in [0.25, 0.3) is 0 Å². The van der Waals surface area contributed by atoms with Crippen molar-refractivity contribution in [2.45, 2.75) is 31.4 Å². The molecule has 2 heterocycles. The molecule has 0 radical (unpaired) electrons. The van der Waals surface area contributed by atoms with Gasteiger partial charge in [-0.15, -0.1) is 0 Å². The number of piperidine rings is 1. The highest BCUT2D eigenvalue weighted by Gasteiger charge is 2.34. The molecule has 2 nitrogen and oxygen atoms in total. The van der Waals surface area contributed by atoms with Crippen LogP contribution in [-0.4, -0.2) is 30.6 Å². The second-order valence-corrected chi connectivity index (χ2v) is 4.80. The van der Waals surface area contributed by atoms with Gasteiger partial charge in [-0.1, -0.05) is 36.8 Å². The van der Waals surface area contributed by atoms with Crippen LogP contribution in [0.5, 0.6) is 0 Å². The van der Waals surface area contributed by atoms with E-state index in [0.29, 0.717) is 12.1 Å². The van der Waals surface area contributed by atoms with Gasteiger partial charge in [-0.2, -0.15) is 0 Å². The lowest BCUT2D eigenvalue weighted by Gasteiger charge is -2.44. The van der Waals surface area contributed by atoms with Crippen LogP contribution in [-0.2, 0) is 4.74 Å². The first kappa shape index (κ1) is 10.3. The molecule has 0 saturated carbocycles. The van der Waals surface area contributed by atoms with Crippen LogP contribution in [0.3, 0.4) is 0 Å². The summed E-state index contributed by atoms with van der Waals surface area (Å²) < 4.78 is 5.99. The largest absolute Gasteiger partial charge is 0.371 e. The van der Waals surface area contributed by atoms with Crippen LogP contribution in [0.4, 0.5) is 0 Å². The van der Waals surface area contributed by atoms with E-state index in [1.807, 2.05) is 0 Å². The number of benzene rings is 1. The van der Waals surface area contributed by atoms with Crippen LogP contribution < -0.4 is 0 Å². The van der Waals surface area contributed by atoms with E-state index < -0.39 is 0 Å². The maximum Gasteiger partial charge on any atom is 0.0980 e. The van der Waals surface area contributed by atoms with Gasteiger partial charge in [0.05, 0.1) is 12.7 Å². The average Bonchev–Trinajstić information content (AvgIpc) is 2.39. The fourth-order valence-corrected chi connectivity index (χ4v) is 3.01. The zero-order valence-electron chi connectivity index (χ0n) is 9.64. The highest BCUT2D eigenvalue weighted by Crippen LogP contribution is 2.33. The molecule has 2 fully saturated rings. The van der Waals surface area contributed by atoms with Crippen molar-refractivity contribution in [2.75, 3.05) is 19.7 Å². The maximum absolute atomic E-state index is 5.99. The number of nitrogens with zero attached hydrogens (tertiary/aromatic N) is 1. The third-order valence-corrected chi connectivity index (χ3v) is 3.82. The van der Waals surface area contributed by atoms with Crippen LogP contribution in [0.1, 0.15) is 30.9 Å². The summed E-state index contributed by atoms with van der Waals surface area (Å²) in [5, 5.41) is 0. The van der Waals surface area contributed by atoms with E-state index in [1.165, 1.54) is 31.4 Å². The van der Waals surface area contributed by atoms with Crippen molar-refractivity contribution in [3.05, 3.63) is 35.9 Å². The van der Waals surface area contributed by atoms with Gasteiger partial charge in [-0.25, -0.2) is 0 Å². The van der Waals surface area contributed by atoms with Crippen molar-refractivity contribution in [2.24, 2.45) is 0 Å². The highest BCUT2D eigenvalue weighted by molar-refractivity contribution is 5.20. The number of hydrogen-bond donors (Lipinski definition) is 0. The summed E-state index contributed by atoms with van der Waals surface area (Å²) in [6, 6.07) is 11.3. The molecule has 0 spiro atoms. The van der Waals surface area contributed by atoms with E-state index in [9.17, 15) is 0 Å². The summed E-state index contributed by atoms with van der Waals surface area (Å²) in [5.41, 5.74) is 1.35. The second-order valence-electron chi connectivity index (χ2n) is 4.80. The van der Waals surface area contributed by atoms with Gasteiger partial charge in [0, 0.05) is 12.6 Å². The van der Waals surface area contributed by atoms with Crippen molar-refractivity contribution in [1.82, 2.24) is 4.90 Å². The molecule has 2 aliphatic rings. The molecule has 0 aromatic heterocycles. The quantitative estimate of drug-likeness (QED) is 0.717. The van der Waals surface area contributed by atoms with Gasteiger partial charge in [-0.05, 0) is 24.9 Å². The molecular weight excluding hydrogens is 198 g/mol. The Hall–Kier alpha value is -0.860. The maximum atomic E-state index is 5.99. The van der Waals surface area contributed by atoms with Crippen molar-refractivity contribution in [3.63, 3.8) is 0 Å². The number of rotatable bonds is 1. The first-order chi connectivity index (χ1) is 7.95. The number of hydrogen-bond acceptors (Lipinski definition) is 2. The Morgan fingerprint density at radius 3 is 2.81 bits per heavy atom. The van der Waals surface area contributed by atoms with Gasteiger partial charge in [-0.3, -0.25) is 4.90 Å². The molecule has 2 heteroatoms. The molecule has 0 amide bonds. The Morgan fingerprint density at radius 1 is 1.06 bits per heavy atom. The smallest absolute Gasteiger partial charge is 0.0980 e. The first-order valence-corrected chi connectivity index (χ1v) is 6.36. The predicted molar refractivity (Wildman–Crippen MR) is 64.3 cm³/mol. The third kappa shape index (κ3) is 1.87. The third-order valence-electron chi connectivity index (χ3n) is 3.82. The molecule has 2 aliphatic heterocycles. The van der Waals surface area contributed by atoms with E-state index in [0.717, 1.165) is 13.2 Å². The molecule has 0 bridgehead atoms. The molecule has 2 atom stereocenters. The fourth-order valence-electron chi connectivity index (χ4n) is 3.01. The van der Waals surface area contributed by atoms with Crippen molar-refractivity contribution in [3.8, 4) is 0 Å². The van der Waals surface area contributed by atoms with Crippen LogP contribution >= 0.6 is 0 Å². The van der Waals surface area contributed by atoms with Gasteiger partial charge >= 0.3 is 0 Å². The molecule has 86 valence electrons. The van der Waals surface area contributed by atoms with E-state index in [1.54, 1.807) is 0 Å². The molecule has 16 heavy (non-hydrogen) atoms. The number of ether oxygens (including phenoxy) is 1. The SMILES string of the molecule is c1ccc([C@@H]2OCCN3CCCC[C@@H]23)cc1. The Kier molecular flexibility index (Phi) is 2.94. The topological polar surface area (TPSA) is 12.5 Å². The second kappa shape index (κ2) is 4.56. The zero-order chi connectivity index (χ0) is 10.8. The van der Waals surface area contributed by atoms with Gasteiger partial charge < -0.3 is 4.74 Å². The summed E-state index contributed by atoms with van der Waals surface area (Å²) in [7, 11) is 0. The Bertz CT molecular complexity index is 336. The fraction of sp³-hybridized carbons (Fsp3) is 0.571. The highest BCUT2D eigenvalue weighted by atomic mass is 16.5. The minimum Gasteiger partial charge on any atom is -0.371 e. The summed E-state index contributed by atoms with van der Waals surface area (Å²) in [6.45, 7) is 3.27. The molecule has 1 aromatic rings. The first-order valence-electron chi connectivity index (χ1n) is 6.36. The lowest BCUT2D eigenvalue weighted by Crippen LogP contribution is -2.49. The summed E-state index contributed by atoms with van der Waals surface area (Å²) in [4.78, 5) is 2.62. The summed E-state index contributed by atoms with van der Waals surface area (Å²) >= 11 is 0. The van der Waals surface area contributed by atoms with Crippen molar-refractivity contribution < 1.29 is 4.74 Å². The van der Waals surface area contributed by atoms with Gasteiger partial charge in [0.15, 0.2) is 0 Å². The predicted octanol–water partition coefficient (Wildman–Crippen LogP) is 2.61. The lowest BCUT2D eigenvalue weighted by molar-refractivity contribution is -0.0857. The monoisotopic (exact) mass is 217 g/mol. The molecule has 1 aromatic carbocycles. The Morgan fingerprint density at radius 2 is 1.94 bits per heavy atom. The minimum absolute atomic E-state index is 0.301. The minimum atomic E-state index is 0.301. The van der Waals surface area contributed by atoms with E-state index in [4.69, 9.17) is 4.74 Å². The van der Waals surface area contributed by atoms with Crippen LogP contribution in [0.15, 0.2) is 30.3 Å². The Labute approximate surface area is 97.2 Å². The van der Waals surface area contributed by atoms with Gasteiger partial charge in [0.1, 0.15) is 0 Å². The summed E-state index contributed by atoms with van der Waals surface area (Å²) in [5.74, 6) is 0. The van der Waals surface area contributed by atoms with Gasteiger partial charge in [0.2, 0.25) is 0 Å². The van der Waals surface area contributed by atoms with E-state index in [2.05, 4.69) is 35.2 Å².